The molecule has 38 heavy (non-hydrogen) atoms. The maximum Gasteiger partial charge on any atom is 0.294 e. The van der Waals surface area contributed by atoms with Gasteiger partial charge in [0.05, 0.1) is 25.8 Å². The van der Waals surface area contributed by atoms with Gasteiger partial charge in [0.25, 0.3) is 5.91 Å². The van der Waals surface area contributed by atoms with Gasteiger partial charge in [0.15, 0.2) is 22.9 Å². The Labute approximate surface area is 217 Å². The molecule has 8 nitrogen and oxygen atoms in total. The fourth-order valence-corrected chi connectivity index (χ4v) is 5.21. The number of furan rings is 1. The number of aromatic amines is 1. The summed E-state index contributed by atoms with van der Waals surface area (Å²) in [5.41, 5.74) is 3.20. The Hall–Kier alpha value is -4.98. The van der Waals surface area contributed by atoms with Crippen LogP contribution in [-0.4, -0.2) is 36.0 Å². The molecule has 0 saturated carbocycles. The highest BCUT2D eigenvalue weighted by Gasteiger charge is 2.47. The monoisotopic (exact) mass is 508 g/mol. The summed E-state index contributed by atoms with van der Waals surface area (Å²) in [5.74, 6) is -0.788. The summed E-state index contributed by atoms with van der Waals surface area (Å²) >= 11 is 0. The van der Waals surface area contributed by atoms with Crippen molar-refractivity contribution in [2.45, 2.75) is 13.0 Å². The number of Topliss-reactive ketones (excluding diaryl/α,β-unsaturated/α-hetero) is 1. The number of aliphatic hydroxyl groups is 1. The smallest absolute Gasteiger partial charge is 0.294 e. The molecule has 1 atom stereocenters. The summed E-state index contributed by atoms with van der Waals surface area (Å²) in [7, 11) is 3.08. The second-order valence-electron chi connectivity index (χ2n) is 9.07. The minimum absolute atomic E-state index is 0.00192. The van der Waals surface area contributed by atoms with Gasteiger partial charge in [-0.2, -0.15) is 0 Å². The molecule has 0 saturated heterocycles. The molecule has 190 valence electrons. The quantitative estimate of drug-likeness (QED) is 0.272. The molecule has 0 fully saturated rings. The number of hydrogen-bond donors (Lipinski definition) is 2. The fourth-order valence-electron chi connectivity index (χ4n) is 5.21. The van der Waals surface area contributed by atoms with Gasteiger partial charge < -0.3 is 24.0 Å². The second-order valence-corrected chi connectivity index (χ2v) is 9.07. The summed E-state index contributed by atoms with van der Waals surface area (Å²) in [6.45, 7) is 1.88. The Morgan fingerprint density at radius 2 is 1.76 bits per heavy atom. The lowest BCUT2D eigenvalue weighted by Crippen LogP contribution is -2.31. The summed E-state index contributed by atoms with van der Waals surface area (Å²) in [4.78, 5) is 32.4. The highest BCUT2D eigenvalue weighted by atomic mass is 16.5. The Kier molecular flexibility index (Phi) is 5.45. The predicted octanol–water partition coefficient (Wildman–Crippen LogP) is 6.02. The van der Waals surface area contributed by atoms with Crippen LogP contribution in [0.3, 0.4) is 0 Å². The zero-order chi connectivity index (χ0) is 26.6. The molecule has 2 aromatic heterocycles. The predicted molar refractivity (Wildman–Crippen MR) is 143 cm³/mol. The number of aryl methyl sites for hydroxylation is 1. The molecule has 3 heterocycles. The number of ketones is 1. The number of hydrogen-bond acceptors (Lipinski definition) is 6. The number of benzene rings is 3. The Bertz CT molecular complexity index is 1760. The molecular formula is C30H24N2O6. The lowest BCUT2D eigenvalue weighted by atomic mass is 9.92. The van der Waals surface area contributed by atoms with Gasteiger partial charge in [-0.1, -0.05) is 30.3 Å². The number of para-hydroxylation sites is 2. The summed E-state index contributed by atoms with van der Waals surface area (Å²) < 4.78 is 16.6. The Balaban J connectivity index is 1.56. The van der Waals surface area contributed by atoms with Crippen LogP contribution in [0.25, 0.3) is 21.9 Å². The Morgan fingerprint density at radius 1 is 1.00 bits per heavy atom. The molecule has 0 aliphatic carbocycles. The number of fused-ring (bicyclic) bond motifs is 2. The highest BCUT2D eigenvalue weighted by Crippen LogP contribution is 2.46. The summed E-state index contributed by atoms with van der Waals surface area (Å²) in [6.07, 6.45) is 0. The molecule has 8 heteroatoms. The molecule has 1 aliphatic heterocycles. The number of amides is 1. The molecule has 6 rings (SSSR count). The van der Waals surface area contributed by atoms with Crippen molar-refractivity contribution in [1.29, 1.82) is 0 Å². The van der Waals surface area contributed by atoms with Crippen LogP contribution in [-0.2, 0) is 4.79 Å². The summed E-state index contributed by atoms with van der Waals surface area (Å²) in [5, 5.41) is 12.7. The third-order valence-electron chi connectivity index (χ3n) is 6.97. The first-order valence-electron chi connectivity index (χ1n) is 12.0. The first-order valence-corrected chi connectivity index (χ1v) is 12.0. The number of H-pyrrole nitrogens is 1. The number of nitrogens with zero attached hydrogens (tertiary/aromatic N) is 1. The van der Waals surface area contributed by atoms with E-state index in [0.717, 1.165) is 16.6 Å². The summed E-state index contributed by atoms with van der Waals surface area (Å²) in [6, 6.07) is 20.6. The van der Waals surface area contributed by atoms with Crippen LogP contribution < -0.4 is 14.4 Å². The van der Waals surface area contributed by atoms with Crippen LogP contribution >= 0.6 is 0 Å². The number of anilines is 1. The van der Waals surface area contributed by atoms with Gasteiger partial charge in [-0.15, -0.1) is 0 Å². The molecule has 2 N–H and O–H groups in total. The van der Waals surface area contributed by atoms with E-state index in [-0.39, 0.29) is 11.3 Å². The van der Waals surface area contributed by atoms with E-state index >= 15 is 0 Å². The van der Waals surface area contributed by atoms with Crippen LogP contribution in [0, 0.1) is 6.92 Å². The number of ether oxygens (including phenoxy) is 2. The number of aromatic nitrogens is 1. The molecule has 0 bridgehead atoms. The van der Waals surface area contributed by atoms with Gasteiger partial charge in [0.1, 0.15) is 5.75 Å². The molecule has 1 aliphatic rings. The van der Waals surface area contributed by atoms with Crippen molar-refractivity contribution in [3.8, 4) is 11.5 Å². The molecule has 1 unspecified atom stereocenters. The number of carbonyl (C=O) groups excluding carboxylic acids is 2. The van der Waals surface area contributed by atoms with Gasteiger partial charge in [-0.05, 0) is 49.4 Å². The van der Waals surface area contributed by atoms with Gasteiger partial charge in [0, 0.05) is 33.2 Å². The largest absolute Gasteiger partial charge is 0.503 e. The lowest BCUT2D eigenvalue weighted by molar-refractivity contribution is -0.117. The van der Waals surface area contributed by atoms with E-state index in [1.54, 1.807) is 55.6 Å². The average Bonchev–Trinajstić information content (AvgIpc) is 3.59. The van der Waals surface area contributed by atoms with Crippen LogP contribution in [0.15, 0.2) is 88.5 Å². The van der Waals surface area contributed by atoms with Gasteiger partial charge >= 0.3 is 0 Å². The van der Waals surface area contributed by atoms with E-state index in [9.17, 15) is 14.7 Å². The minimum atomic E-state index is -0.908. The molecule has 0 spiro atoms. The zero-order valence-electron chi connectivity index (χ0n) is 20.9. The van der Waals surface area contributed by atoms with Crippen LogP contribution in [0.4, 0.5) is 5.69 Å². The van der Waals surface area contributed by atoms with Gasteiger partial charge in [-0.25, -0.2) is 0 Å². The Morgan fingerprint density at radius 3 is 2.50 bits per heavy atom. The zero-order valence-corrected chi connectivity index (χ0v) is 20.9. The van der Waals surface area contributed by atoms with E-state index in [1.807, 2.05) is 31.2 Å². The van der Waals surface area contributed by atoms with Crippen molar-refractivity contribution in [2.75, 3.05) is 19.1 Å². The fraction of sp³-hybridized carbons (Fsp3) is 0.133. The van der Waals surface area contributed by atoms with E-state index in [2.05, 4.69) is 4.98 Å². The standard InChI is InChI=1S/C30H24N2O6/c1-16-24(20-8-4-5-9-21(20)31-16)26-25(27(33)23-15-17-7-6-10-22(37-3)29(17)38-23)28(34)30(35)32(26)18-11-13-19(36-2)14-12-18/h4-15,26,31,34H,1-3H3. The second kappa shape index (κ2) is 8.85. The SMILES string of the molecule is COc1ccc(N2C(=O)C(O)=C(C(=O)c3cc4cccc(OC)c4o3)C2c2c(C)[nH]c3ccccc23)cc1. The normalized spacial score (nSPS) is 15.6. The molecule has 1 amide bonds. The lowest BCUT2D eigenvalue weighted by Gasteiger charge is -2.27. The van der Waals surface area contributed by atoms with Crippen molar-refractivity contribution in [2.24, 2.45) is 0 Å². The molecule has 5 aromatic rings. The van der Waals surface area contributed by atoms with Gasteiger partial charge in [0.2, 0.25) is 5.78 Å². The number of carbonyl (C=O) groups is 2. The van der Waals surface area contributed by atoms with Crippen LogP contribution in [0.2, 0.25) is 0 Å². The minimum Gasteiger partial charge on any atom is -0.503 e. The first kappa shape index (κ1) is 23.4. The van der Waals surface area contributed by atoms with Crippen molar-refractivity contribution in [1.82, 2.24) is 4.98 Å². The topological polar surface area (TPSA) is 105 Å². The third kappa shape index (κ3) is 3.45. The van der Waals surface area contributed by atoms with Gasteiger partial charge in [-0.3, -0.25) is 14.5 Å². The van der Waals surface area contributed by atoms with Crippen LogP contribution in [0.1, 0.15) is 27.9 Å². The first-order chi connectivity index (χ1) is 18.4. The third-order valence-corrected chi connectivity index (χ3v) is 6.97. The molecule has 3 aromatic carbocycles. The van der Waals surface area contributed by atoms with E-state index in [0.29, 0.717) is 33.7 Å². The number of methoxy groups -OCH3 is 2. The number of rotatable bonds is 6. The average molecular weight is 509 g/mol. The van der Waals surface area contributed by atoms with Crippen molar-refractivity contribution in [3.05, 3.63) is 101 Å². The number of nitrogens with one attached hydrogen (secondary N) is 1. The van der Waals surface area contributed by atoms with Crippen LogP contribution in [0.5, 0.6) is 11.5 Å². The number of aliphatic hydroxyl groups excluding tert-OH is 1. The van der Waals surface area contributed by atoms with Crippen molar-refractivity contribution >= 4 is 39.2 Å². The van der Waals surface area contributed by atoms with E-state index < -0.39 is 23.5 Å². The molecular weight excluding hydrogens is 484 g/mol. The van der Waals surface area contributed by atoms with E-state index in [4.69, 9.17) is 13.9 Å². The maximum absolute atomic E-state index is 14.0. The maximum atomic E-state index is 14.0. The van der Waals surface area contributed by atoms with E-state index in [1.165, 1.54) is 12.0 Å². The van der Waals surface area contributed by atoms with Crippen molar-refractivity contribution < 1.29 is 28.6 Å². The highest BCUT2D eigenvalue weighted by molar-refractivity contribution is 6.21. The molecule has 0 radical (unpaired) electrons. The van der Waals surface area contributed by atoms with Crippen molar-refractivity contribution in [3.63, 3.8) is 0 Å².